The Hall–Kier alpha value is -1.10. The molecule has 0 aliphatic rings. The molecule has 1 rings (SSSR count). The zero-order valence-electron chi connectivity index (χ0n) is 5.49. The van der Waals surface area contributed by atoms with Crippen LogP contribution in [-0.4, -0.2) is 16.6 Å². The third-order valence-corrected chi connectivity index (χ3v) is 1.47. The summed E-state index contributed by atoms with van der Waals surface area (Å²) in [5.41, 5.74) is 0.573. The van der Waals surface area contributed by atoms with E-state index in [4.69, 9.17) is 11.6 Å². The Balaban J connectivity index is 2.51. The van der Waals surface area contributed by atoms with Crippen molar-refractivity contribution in [2.24, 2.45) is 0 Å². The second-order valence-electron chi connectivity index (χ2n) is 1.94. The molecular formula is C5H5ClN2O3. The molecule has 0 bridgehead atoms. The number of hydrogen-bond donors (Lipinski definition) is 0. The van der Waals surface area contributed by atoms with E-state index >= 15 is 0 Å². The van der Waals surface area contributed by atoms with Crippen LogP contribution in [-0.2, 0) is 6.42 Å². The summed E-state index contributed by atoms with van der Waals surface area (Å²) in [5.74, 6) is 0. The molecule has 0 spiro atoms. The van der Waals surface area contributed by atoms with Crippen molar-refractivity contribution in [1.29, 1.82) is 0 Å². The highest BCUT2D eigenvalue weighted by atomic mass is 35.5. The number of rotatable bonds is 3. The van der Waals surface area contributed by atoms with Gasteiger partial charge in [-0.25, -0.2) is 0 Å². The van der Waals surface area contributed by atoms with Gasteiger partial charge in [-0.3, -0.25) is 10.1 Å². The van der Waals surface area contributed by atoms with Crippen LogP contribution >= 0.6 is 11.6 Å². The van der Waals surface area contributed by atoms with E-state index in [0.29, 0.717) is 5.56 Å². The molecule has 0 fully saturated rings. The molecule has 0 unspecified atom stereocenters. The third-order valence-electron chi connectivity index (χ3n) is 1.16. The van der Waals surface area contributed by atoms with Gasteiger partial charge < -0.3 is 4.52 Å². The molecule has 0 aromatic carbocycles. The lowest BCUT2D eigenvalue weighted by Gasteiger charge is -1.88. The van der Waals surface area contributed by atoms with E-state index in [-0.39, 0.29) is 18.1 Å². The van der Waals surface area contributed by atoms with Gasteiger partial charge in [0, 0.05) is 16.9 Å². The van der Waals surface area contributed by atoms with Crippen molar-refractivity contribution in [1.82, 2.24) is 5.16 Å². The molecule has 0 atom stereocenters. The Morgan fingerprint density at radius 1 is 1.82 bits per heavy atom. The number of nitro groups is 1. The van der Waals surface area contributed by atoms with Crippen LogP contribution in [0.5, 0.6) is 0 Å². The molecule has 1 aromatic heterocycles. The summed E-state index contributed by atoms with van der Waals surface area (Å²) >= 11 is 5.50. The highest BCUT2D eigenvalue weighted by molar-refractivity contribution is 6.30. The zero-order valence-corrected chi connectivity index (χ0v) is 6.24. The van der Waals surface area contributed by atoms with Gasteiger partial charge in [0.05, 0.1) is 0 Å². The first kappa shape index (κ1) is 8.00. The van der Waals surface area contributed by atoms with E-state index in [1.54, 1.807) is 0 Å². The van der Waals surface area contributed by atoms with Crippen molar-refractivity contribution in [3.05, 3.63) is 27.1 Å². The number of halogens is 1. The van der Waals surface area contributed by atoms with Crippen LogP contribution in [0.1, 0.15) is 5.56 Å². The summed E-state index contributed by atoms with van der Waals surface area (Å²) in [6.07, 6.45) is 1.57. The van der Waals surface area contributed by atoms with E-state index < -0.39 is 4.92 Å². The Morgan fingerprint density at radius 3 is 3.00 bits per heavy atom. The van der Waals surface area contributed by atoms with Crippen molar-refractivity contribution in [2.45, 2.75) is 6.42 Å². The van der Waals surface area contributed by atoms with Crippen molar-refractivity contribution < 1.29 is 9.45 Å². The van der Waals surface area contributed by atoms with Gasteiger partial charge in [-0.2, -0.15) is 0 Å². The second-order valence-corrected chi connectivity index (χ2v) is 2.29. The van der Waals surface area contributed by atoms with Crippen LogP contribution in [0.25, 0.3) is 0 Å². The Labute approximate surface area is 67.1 Å². The Bertz CT molecular complexity index is 260. The minimum Gasteiger partial charge on any atom is -0.363 e. The highest BCUT2D eigenvalue weighted by Gasteiger charge is 2.07. The molecule has 1 aromatic rings. The van der Waals surface area contributed by atoms with Gasteiger partial charge in [0.2, 0.25) is 6.54 Å². The van der Waals surface area contributed by atoms with Gasteiger partial charge in [-0.05, 0) is 0 Å². The average Bonchev–Trinajstić information content (AvgIpc) is 2.31. The fraction of sp³-hybridized carbons (Fsp3) is 0.400. The van der Waals surface area contributed by atoms with Crippen LogP contribution in [0.2, 0.25) is 5.15 Å². The first-order chi connectivity index (χ1) is 5.20. The Kier molecular flexibility index (Phi) is 2.43. The first-order valence-electron chi connectivity index (χ1n) is 2.90. The van der Waals surface area contributed by atoms with Gasteiger partial charge in [0.1, 0.15) is 6.26 Å². The van der Waals surface area contributed by atoms with Gasteiger partial charge in [-0.1, -0.05) is 16.8 Å². The van der Waals surface area contributed by atoms with Crippen molar-refractivity contribution in [2.75, 3.05) is 6.54 Å². The predicted molar refractivity (Wildman–Crippen MR) is 37.1 cm³/mol. The minimum absolute atomic E-state index is 0.152. The molecule has 5 nitrogen and oxygen atoms in total. The fourth-order valence-corrected chi connectivity index (χ4v) is 0.796. The summed E-state index contributed by atoms with van der Waals surface area (Å²) in [6, 6.07) is 0. The van der Waals surface area contributed by atoms with E-state index in [1.807, 2.05) is 0 Å². The maximum atomic E-state index is 9.92. The van der Waals surface area contributed by atoms with E-state index in [9.17, 15) is 10.1 Å². The molecule has 1 heterocycles. The van der Waals surface area contributed by atoms with Gasteiger partial charge in [0.15, 0.2) is 5.15 Å². The van der Waals surface area contributed by atoms with E-state index in [0.717, 1.165) is 0 Å². The van der Waals surface area contributed by atoms with Crippen molar-refractivity contribution in [3.63, 3.8) is 0 Å². The maximum Gasteiger partial charge on any atom is 0.208 e. The summed E-state index contributed by atoms with van der Waals surface area (Å²) in [7, 11) is 0. The zero-order chi connectivity index (χ0) is 8.27. The SMILES string of the molecule is O=[N+]([O-])CCc1conc1Cl. The first-order valence-corrected chi connectivity index (χ1v) is 3.28. The second kappa shape index (κ2) is 3.34. The van der Waals surface area contributed by atoms with Crippen LogP contribution in [0.4, 0.5) is 0 Å². The average molecular weight is 177 g/mol. The minimum atomic E-state index is -0.413. The normalized spacial score (nSPS) is 9.91. The van der Waals surface area contributed by atoms with E-state index in [1.165, 1.54) is 6.26 Å². The van der Waals surface area contributed by atoms with Gasteiger partial charge in [-0.15, -0.1) is 0 Å². The molecule has 0 saturated carbocycles. The quantitative estimate of drug-likeness (QED) is 0.512. The fourth-order valence-electron chi connectivity index (χ4n) is 0.617. The molecule has 0 N–H and O–H groups in total. The third kappa shape index (κ3) is 2.19. The molecule has 0 saturated heterocycles. The number of nitrogens with zero attached hydrogens (tertiary/aromatic N) is 2. The topological polar surface area (TPSA) is 69.2 Å². The molecule has 0 aliphatic carbocycles. The molecule has 0 radical (unpaired) electrons. The summed E-state index contributed by atoms with van der Waals surface area (Å²) in [6.45, 7) is -0.152. The number of hydrogen-bond acceptors (Lipinski definition) is 4. The van der Waals surface area contributed by atoms with E-state index in [2.05, 4.69) is 9.68 Å². The van der Waals surface area contributed by atoms with Crippen LogP contribution in [0.15, 0.2) is 10.8 Å². The molecule has 0 amide bonds. The lowest BCUT2D eigenvalue weighted by Crippen LogP contribution is -2.03. The molecular weight excluding hydrogens is 172 g/mol. The highest BCUT2D eigenvalue weighted by Crippen LogP contribution is 2.12. The largest absolute Gasteiger partial charge is 0.363 e. The lowest BCUT2D eigenvalue weighted by molar-refractivity contribution is -0.479. The van der Waals surface area contributed by atoms with Crippen LogP contribution in [0, 0.1) is 10.1 Å². The van der Waals surface area contributed by atoms with Gasteiger partial charge >= 0.3 is 0 Å². The monoisotopic (exact) mass is 176 g/mol. The lowest BCUT2D eigenvalue weighted by atomic mass is 10.3. The van der Waals surface area contributed by atoms with Crippen molar-refractivity contribution in [3.8, 4) is 0 Å². The van der Waals surface area contributed by atoms with Gasteiger partial charge in [0.25, 0.3) is 0 Å². The summed E-state index contributed by atoms with van der Waals surface area (Å²) < 4.78 is 4.47. The molecule has 60 valence electrons. The molecule has 0 aliphatic heterocycles. The summed E-state index contributed by atoms with van der Waals surface area (Å²) in [5, 5.41) is 13.5. The number of aromatic nitrogens is 1. The Morgan fingerprint density at radius 2 is 2.55 bits per heavy atom. The molecule has 11 heavy (non-hydrogen) atoms. The van der Waals surface area contributed by atoms with Crippen LogP contribution in [0.3, 0.4) is 0 Å². The maximum absolute atomic E-state index is 9.92. The standard InChI is InChI=1S/C5H5ClN2O3/c6-5-4(3-11-7-5)1-2-8(9)10/h3H,1-2H2. The van der Waals surface area contributed by atoms with Crippen LogP contribution < -0.4 is 0 Å². The summed E-state index contributed by atoms with van der Waals surface area (Å²) in [4.78, 5) is 9.50. The van der Waals surface area contributed by atoms with Crippen molar-refractivity contribution >= 4 is 11.6 Å². The smallest absolute Gasteiger partial charge is 0.208 e. The predicted octanol–water partition coefficient (Wildman–Crippen LogP) is 1.15. The molecule has 6 heteroatoms.